The molecule has 1 aliphatic carbocycles. The van der Waals surface area contributed by atoms with Gasteiger partial charge in [-0.3, -0.25) is 0 Å². The molecule has 34 heavy (non-hydrogen) atoms. The Balaban J connectivity index is 1.54. The lowest BCUT2D eigenvalue weighted by atomic mass is 9.77. The normalized spacial score (nSPS) is 18.3. The average Bonchev–Trinajstić information content (AvgIpc) is 2.82. The first-order chi connectivity index (χ1) is 16.4. The summed E-state index contributed by atoms with van der Waals surface area (Å²) in [4.78, 5) is 0. The lowest BCUT2D eigenvalue weighted by Crippen LogP contribution is -2.13. The highest BCUT2D eigenvalue weighted by Crippen LogP contribution is 2.39. The van der Waals surface area contributed by atoms with Gasteiger partial charge in [0.05, 0.1) is 5.56 Å². The molecule has 0 amide bonds. The minimum atomic E-state index is -2.18. The predicted octanol–water partition coefficient (Wildman–Crippen LogP) is 10.0. The molecule has 0 heterocycles. The quantitative estimate of drug-likeness (QED) is 0.237. The van der Waals surface area contributed by atoms with Crippen molar-refractivity contribution >= 4 is 16.8 Å². The standard InChI is InChI=1S/C29H29F5/c1-2-3-4-5-18-6-8-19(9-7-18)20-10-12-23(26(30)15-20)21-11-13-24-22(14-21)16-27(31)25(29(24)34)17-28(32)33/h10-19H,2-9H2,1H3. The van der Waals surface area contributed by atoms with Gasteiger partial charge in [0.25, 0.3) is 6.08 Å². The van der Waals surface area contributed by atoms with Crippen LogP contribution in [-0.2, 0) is 0 Å². The van der Waals surface area contributed by atoms with Crippen LogP contribution in [-0.4, -0.2) is 0 Å². The lowest BCUT2D eigenvalue weighted by Gasteiger charge is -2.29. The molecular formula is C29H29F5. The van der Waals surface area contributed by atoms with Gasteiger partial charge in [-0.05, 0) is 72.2 Å². The Morgan fingerprint density at radius 1 is 0.882 bits per heavy atom. The Kier molecular flexibility index (Phi) is 7.70. The van der Waals surface area contributed by atoms with Crippen molar-refractivity contribution in [3.05, 3.63) is 77.1 Å². The molecule has 0 bridgehead atoms. The van der Waals surface area contributed by atoms with Gasteiger partial charge in [-0.2, -0.15) is 8.78 Å². The summed E-state index contributed by atoms with van der Waals surface area (Å²) in [5, 5.41) is 0.194. The molecule has 180 valence electrons. The van der Waals surface area contributed by atoms with Crippen LogP contribution in [0.15, 0.2) is 48.5 Å². The summed E-state index contributed by atoms with van der Waals surface area (Å²) in [6.07, 6.45) is 7.61. The maximum atomic E-state index is 15.1. The zero-order chi connectivity index (χ0) is 24.2. The molecule has 0 aromatic heterocycles. The molecule has 0 atom stereocenters. The van der Waals surface area contributed by atoms with Crippen molar-refractivity contribution in [2.24, 2.45) is 5.92 Å². The Hall–Kier alpha value is -2.69. The van der Waals surface area contributed by atoms with Crippen molar-refractivity contribution in [1.29, 1.82) is 0 Å². The van der Waals surface area contributed by atoms with Gasteiger partial charge in [0.15, 0.2) is 0 Å². The molecular weight excluding hydrogens is 443 g/mol. The number of hydrogen-bond acceptors (Lipinski definition) is 0. The zero-order valence-corrected chi connectivity index (χ0v) is 19.3. The van der Waals surface area contributed by atoms with Crippen molar-refractivity contribution in [2.45, 2.75) is 64.2 Å². The van der Waals surface area contributed by atoms with E-state index in [-0.39, 0.29) is 22.7 Å². The smallest absolute Gasteiger partial charge is 0.206 e. The molecule has 0 saturated heterocycles. The minimum Gasteiger partial charge on any atom is -0.206 e. The minimum absolute atomic E-state index is 0.00498. The summed E-state index contributed by atoms with van der Waals surface area (Å²) in [6.45, 7) is 2.22. The van der Waals surface area contributed by atoms with Crippen molar-refractivity contribution < 1.29 is 22.0 Å². The monoisotopic (exact) mass is 472 g/mol. The highest BCUT2D eigenvalue weighted by molar-refractivity contribution is 5.90. The number of unbranched alkanes of at least 4 members (excludes halogenated alkanes) is 2. The zero-order valence-electron chi connectivity index (χ0n) is 19.3. The van der Waals surface area contributed by atoms with Crippen molar-refractivity contribution in [3.8, 4) is 11.1 Å². The SMILES string of the molecule is CCCCCC1CCC(c2ccc(-c3ccc4c(F)c(C=C(F)F)c(F)cc4c3)c(F)c2)CC1. The van der Waals surface area contributed by atoms with E-state index in [1.165, 1.54) is 56.7 Å². The Bertz CT molecular complexity index is 1180. The Morgan fingerprint density at radius 2 is 1.65 bits per heavy atom. The van der Waals surface area contributed by atoms with E-state index in [1.54, 1.807) is 12.1 Å². The van der Waals surface area contributed by atoms with E-state index < -0.39 is 23.3 Å². The molecule has 1 aliphatic rings. The van der Waals surface area contributed by atoms with Gasteiger partial charge in [0.1, 0.15) is 17.5 Å². The first-order valence-electron chi connectivity index (χ1n) is 12.1. The van der Waals surface area contributed by atoms with E-state index in [1.807, 2.05) is 6.07 Å². The largest absolute Gasteiger partial charge is 0.271 e. The molecule has 3 aromatic carbocycles. The van der Waals surface area contributed by atoms with Crippen molar-refractivity contribution in [3.63, 3.8) is 0 Å². The Labute approximate surface area is 197 Å². The maximum Gasteiger partial charge on any atom is 0.271 e. The van der Waals surface area contributed by atoms with Crippen LogP contribution in [0.1, 0.15) is 75.3 Å². The van der Waals surface area contributed by atoms with E-state index in [0.29, 0.717) is 17.0 Å². The molecule has 0 spiro atoms. The lowest BCUT2D eigenvalue weighted by molar-refractivity contribution is 0.302. The van der Waals surface area contributed by atoms with Crippen LogP contribution < -0.4 is 0 Å². The number of benzene rings is 3. The molecule has 4 rings (SSSR count). The van der Waals surface area contributed by atoms with Gasteiger partial charge < -0.3 is 0 Å². The van der Waals surface area contributed by atoms with Crippen LogP contribution >= 0.6 is 0 Å². The number of fused-ring (bicyclic) bond motifs is 1. The van der Waals surface area contributed by atoms with E-state index in [2.05, 4.69) is 6.92 Å². The second kappa shape index (κ2) is 10.7. The molecule has 0 unspecified atom stereocenters. The summed E-state index contributed by atoms with van der Waals surface area (Å²) in [6, 6.07) is 10.6. The van der Waals surface area contributed by atoms with E-state index in [4.69, 9.17) is 0 Å². The number of halogens is 5. The third-order valence-electron chi connectivity index (χ3n) is 7.16. The molecule has 0 radical (unpaired) electrons. The van der Waals surface area contributed by atoms with Crippen LogP contribution in [0.2, 0.25) is 0 Å². The predicted molar refractivity (Wildman–Crippen MR) is 128 cm³/mol. The van der Waals surface area contributed by atoms with Crippen LogP contribution in [0, 0.1) is 23.4 Å². The summed E-state index contributed by atoms with van der Waals surface area (Å²) in [7, 11) is 0. The fraction of sp³-hybridized carbons (Fsp3) is 0.379. The van der Waals surface area contributed by atoms with Crippen LogP contribution in [0.4, 0.5) is 22.0 Å². The van der Waals surface area contributed by atoms with E-state index in [0.717, 1.165) is 30.4 Å². The van der Waals surface area contributed by atoms with Gasteiger partial charge in [-0.25, -0.2) is 13.2 Å². The second-order valence-electron chi connectivity index (χ2n) is 9.41. The topological polar surface area (TPSA) is 0 Å². The van der Waals surface area contributed by atoms with Crippen molar-refractivity contribution in [2.75, 3.05) is 0 Å². The fourth-order valence-corrected chi connectivity index (χ4v) is 5.24. The second-order valence-corrected chi connectivity index (χ2v) is 9.41. The molecule has 5 heteroatoms. The summed E-state index contributed by atoms with van der Waals surface area (Å²) in [5.74, 6) is -1.38. The van der Waals surface area contributed by atoms with Crippen LogP contribution in [0.5, 0.6) is 0 Å². The van der Waals surface area contributed by atoms with E-state index in [9.17, 15) is 17.6 Å². The van der Waals surface area contributed by atoms with Gasteiger partial charge in [-0.15, -0.1) is 0 Å². The van der Waals surface area contributed by atoms with E-state index >= 15 is 4.39 Å². The summed E-state index contributed by atoms with van der Waals surface area (Å²) in [5.41, 5.74) is 1.04. The molecule has 0 N–H and O–H groups in total. The van der Waals surface area contributed by atoms with Gasteiger partial charge >= 0.3 is 0 Å². The van der Waals surface area contributed by atoms with Crippen LogP contribution in [0.25, 0.3) is 28.0 Å². The first kappa shape index (κ1) is 24.4. The molecule has 1 fully saturated rings. The molecule has 0 aliphatic heterocycles. The first-order valence-corrected chi connectivity index (χ1v) is 12.1. The molecule has 3 aromatic rings. The maximum absolute atomic E-state index is 15.1. The third-order valence-corrected chi connectivity index (χ3v) is 7.16. The van der Waals surface area contributed by atoms with Crippen molar-refractivity contribution in [1.82, 2.24) is 0 Å². The highest BCUT2D eigenvalue weighted by atomic mass is 19.3. The Morgan fingerprint density at radius 3 is 2.32 bits per heavy atom. The van der Waals surface area contributed by atoms with Crippen LogP contribution in [0.3, 0.4) is 0 Å². The van der Waals surface area contributed by atoms with Gasteiger partial charge in [0, 0.05) is 17.0 Å². The number of rotatable bonds is 7. The molecule has 1 saturated carbocycles. The number of hydrogen-bond donors (Lipinski definition) is 0. The molecule has 0 nitrogen and oxygen atoms in total. The summed E-state index contributed by atoms with van der Waals surface area (Å²) < 4.78 is 69.0. The average molecular weight is 473 g/mol. The fourth-order valence-electron chi connectivity index (χ4n) is 5.24. The highest BCUT2D eigenvalue weighted by Gasteiger charge is 2.23. The summed E-state index contributed by atoms with van der Waals surface area (Å²) >= 11 is 0. The van der Waals surface area contributed by atoms with Gasteiger partial charge in [0.2, 0.25) is 0 Å². The third kappa shape index (κ3) is 5.34. The van der Waals surface area contributed by atoms with Gasteiger partial charge in [-0.1, -0.05) is 56.9 Å².